The van der Waals surface area contributed by atoms with Crippen LogP contribution >= 0.6 is 0 Å². The second-order valence-electron chi connectivity index (χ2n) is 7.91. The van der Waals surface area contributed by atoms with E-state index in [4.69, 9.17) is 18.7 Å². The summed E-state index contributed by atoms with van der Waals surface area (Å²) in [4.78, 5) is 30.9. The average Bonchev–Trinajstić information content (AvgIpc) is 3.50. The van der Waals surface area contributed by atoms with E-state index in [0.29, 0.717) is 17.1 Å². The Labute approximate surface area is 200 Å². The number of aliphatic hydroxyl groups excluding tert-OH is 1. The van der Waals surface area contributed by atoms with Crippen LogP contribution in [-0.4, -0.2) is 64.9 Å². The summed E-state index contributed by atoms with van der Waals surface area (Å²) in [5.74, 6) is -0.401. The molecule has 0 saturated carbocycles. The number of esters is 1. The first-order valence-corrected chi connectivity index (χ1v) is 10.8. The zero-order valence-corrected chi connectivity index (χ0v) is 19.1. The molecule has 184 valence electrons. The average molecular weight is 485 g/mol. The molecule has 4 rings (SSSR count). The van der Waals surface area contributed by atoms with Gasteiger partial charge in [0.2, 0.25) is 11.7 Å². The highest BCUT2D eigenvalue weighted by molar-refractivity contribution is 5.86. The van der Waals surface area contributed by atoms with Crippen molar-refractivity contribution >= 4 is 11.9 Å². The van der Waals surface area contributed by atoms with E-state index >= 15 is 0 Å². The summed E-state index contributed by atoms with van der Waals surface area (Å²) in [7, 11) is 3.03. The number of β-amino-alcohol motifs (C(OH)–C–C–N with tert-alkyl or cyclic N) is 1. The van der Waals surface area contributed by atoms with Crippen molar-refractivity contribution in [2.24, 2.45) is 0 Å². The van der Waals surface area contributed by atoms with Crippen LogP contribution in [0.25, 0.3) is 11.4 Å². The number of carbonyl (C=O) groups excluding carboxylic acids is 2. The Hall–Kier alpha value is -3.99. The first-order valence-electron chi connectivity index (χ1n) is 10.8. The fourth-order valence-electron chi connectivity index (χ4n) is 3.85. The molecule has 1 saturated heterocycles. The van der Waals surface area contributed by atoms with Crippen molar-refractivity contribution in [3.8, 4) is 22.9 Å². The highest BCUT2D eigenvalue weighted by Crippen LogP contribution is 2.31. The molecule has 35 heavy (non-hydrogen) atoms. The summed E-state index contributed by atoms with van der Waals surface area (Å²) in [6.07, 6.45) is -1.12. The van der Waals surface area contributed by atoms with Crippen LogP contribution in [0.3, 0.4) is 0 Å². The van der Waals surface area contributed by atoms with Crippen molar-refractivity contribution < 1.29 is 37.8 Å². The summed E-state index contributed by atoms with van der Waals surface area (Å²) in [6, 6.07) is 9.99. The maximum absolute atomic E-state index is 13.9. The number of nitrogens with zero attached hydrogens (tertiary/aromatic N) is 3. The molecule has 2 unspecified atom stereocenters. The molecule has 10 nitrogen and oxygen atoms in total. The van der Waals surface area contributed by atoms with Gasteiger partial charge in [0.25, 0.3) is 5.89 Å². The lowest BCUT2D eigenvalue weighted by atomic mass is 10.1. The Bertz CT molecular complexity index is 1220. The van der Waals surface area contributed by atoms with Crippen molar-refractivity contribution in [2.45, 2.75) is 31.6 Å². The van der Waals surface area contributed by atoms with Gasteiger partial charge in [0.1, 0.15) is 23.4 Å². The zero-order valence-electron chi connectivity index (χ0n) is 19.1. The number of ether oxygens (including phenoxy) is 3. The number of amides is 1. The van der Waals surface area contributed by atoms with Crippen LogP contribution in [0.15, 0.2) is 47.0 Å². The third-order valence-electron chi connectivity index (χ3n) is 5.63. The van der Waals surface area contributed by atoms with E-state index in [2.05, 4.69) is 10.1 Å². The van der Waals surface area contributed by atoms with Gasteiger partial charge in [-0.2, -0.15) is 4.98 Å². The molecule has 1 aliphatic rings. The smallest absolute Gasteiger partial charge is 0.329 e. The number of likely N-dealkylation sites (tertiary alicyclic amines) is 1. The first-order chi connectivity index (χ1) is 16.9. The van der Waals surface area contributed by atoms with Crippen LogP contribution in [0.4, 0.5) is 4.39 Å². The maximum Gasteiger partial charge on any atom is 0.329 e. The minimum absolute atomic E-state index is 0.0139. The van der Waals surface area contributed by atoms with Gasteiger partial charge in [-0.25, -0.2) is 9.18 Å². The molecule has 1 N–H and O–H groups in total. The van der Waals surface area contributed by atoms with E-state index in [1.807, 2.05) is 0 Å². The lowest BCUT2D eigenvalue weighted by Gasteiger charge is -2.23. The molecule has 2 atom stereocenters. The second-order valence-corrected chi connectivity index (χ2v) is 7.91. The highest BCUT2D eigenvalue weighted by Gasteiger charge is 2.40. The number of carbonyl (C=O) groups is 2. The lowest BCUT2D eigenvalue weighted by Crippen LogP contribution is -2.42. The normalized spacial score (nSPS) is 17.3. The third kappa shape index (κ3) is 5.40. The number of hydrogen-bond acceptors (Lipinski definition) is 9. The number of aromatic nitrogens is 2. The molecule has 0 spiro atoms. The van der Waals surface area contributed by atoms with Crippen molar-refractivity contribution in [3.63, 3.8) is 0 Å². The van der Waals surface area contributed by atoms with Crippen LogP contribution in [0.5, 0.6) is 11.5 Å². The summed E-state index contributed by atoms with van der Waals surface area (Å²) >= 11 is 0. The molecule has 0 bridgehead atoms. The van der Waals surface area contributed by atoms with Gasteiger partial charge in [0.05, 0.1) is 32.3 Å². The van der Waals surface area contributed by atoms with Gasteiger partial charge in [-0.1, -0.05) is 23.4 Å². The monoisotopic (exact) mass is 485 g/mol. The first kappa shape index (κ1) is 24.1. The largest absolute Gasteiger partial charge is 0.497 e. The quantitative estimate of drug-likeness (QED) is 0.478. The van der Waals surface area contributed by atoms with Gasteiger partial charge >= 0.3 is 5.97 Å². The van der Waals surface area contributed by atoms with Crippen molar-refractivity contribution in [2.75, 3.05) is 20.8 Å². The van der Waals surface area contributed by atoms with Crippen LogP contribution in [0.2, 0.25) is 0 Å². The van der Waals surface area contributed by atoms with Crippen molar-refractivity contribution in [1.82, 2.24) is 15.0 Å². The number of aliphatic hydroxyl groups is 1. The fraction of sp³-hybridized carbons (Fsp3) is 0.333. The number of methoxy groups -OCH3 is 2. The van der Waals surface area contributed by atoms with Crippen LogP contribution in [0.1, 0.15) is 17.9 Å². The number of rotatable bonds is 8. The Kier molecular flexibility index (Phi) is 7.25. The van der Waals surface area contributed by atoms with Gasteiger partial charge in [0, 0.05) is 19.0 Å². The standard InChI is InChI=1S/C24H24FN3O7/c1-32-16-7-8-17(20(11-16)33-2)23-26-21(35-27-23)13-34-24(31)19-10-15(29)12-28(19)22(30)9-14-5-3-4-6-18(14)25/h3-8,11,15,19,29H,9-10,12-13H2,1-2H3. The third-order valence-corrected chi connectivity index (χ3v) is 5.63. The van der Waals surface area contributed by atoms with E-state index in [0.717, 1.165) is 0 Å². The molecule has 1 amide bonds. The molecular weight excluding hydrogens is 461 g/mol. The summed E-state index contributed by atoms with van der Waals surface area (Å²) in [6.45, 7) is -0.374. The second kappa shape index (κ2) is 10.5. The molecule has 0 radical (unpaired) electrons. The highest BCUT2D eigenvalue weighted by atomic mass is 19.1. The van der Waals surface area contributed by atoms with Gasteiger partial charge in [-0.3, -0.25) is 4.79 Å². The molecule has 1 aliphatic heterocycles. The molecule has 2 heterocycles. The van der Waals surface area contributed by atoms with Gasteiger partial charge in [0.15, 0.2) is 6.61 Å². The summed E-state index contributed by atoms with van der Waals surface area (Å²) in [5, 5.41) is 14.0. The number of halogens is 1. The van der Waals surface area contributed by atoms with Gasteiger partial charge < -0.3 is 28.7 Å². The Morgan fingerprint density at radius 3 is 2.74 bits per heavy atom. The Morgan fingerprint density at radius 1 is 1.20 bits per heavy atom. The number of benzene rings is 2. The molecule has 1 aromatic heterocycles. The molecule has 11 heteroatoms. The van der Waals surface area contributed by atoms with E-state index < -0.39 is 29.8 Å². The van der Waals surface area contributed by atoms with E-state index in [9.17, 15) is 19.1 Å². The minimum atomic E-state index is -1.01. The molecule has 1 fully saturated rings. The van der Waals surface area contributed by atoms with Crippen LogP contribution in [0, 0.1) is 5.82 Å². The predicted octanol–water partition coefficient (Wildman–Crippen LogP) is 2.14. The van der Waals surface area contributed by atoms with Crippen molar-refractivity contribution in [1.29, 1.82) is 0 Å². The molecule has 2 aromatic carbocycles. The molecular formula is C24H24FN3O7. The van der Waals surface area contributed by atoms with Gasteiger partial charge in [-0.05, 0) is 23.8 Å². The summed E-state index contributed by atoms with van der Waals surface area (Å²) in [5.41, 5.74) is 0.761. The lowest BCUT2D eigenvalue weighted by molar-refractivity contribution is -0.155. The number of hydrogen-bond donors (Lipinski definition) is 1. The maximum atomic E-state index is 13.9. The van der Waals surface area contributed by atoms with E-state index in [1.54, 1.807) is 24.3 Å². The fourth-order valence-corrected chi connectivity index (χ4v) is 3.85. The Morgan fingerprint density at radius 2 is 2.00 bits per heavy atom. The van der Waals surface area contributed by atoms with E-state index in [-0.39, 0.29) is 43.3 Å². The Balaban J connectivity index is 1.40. The molecule has 0 aliphatic carbocycles. The minimum Gasteiger partial charge on any atom is -0.497 e. The van der Waals surface area contributed by atoms with Gasteiger partial charge in [-0.15, -0.1) is 0 Å². The predicted molar refractivity (Wildman–Crippen MR) is 119 cm³/mol. The zero-order chi connectivity index (χ0) is 24.9. The SMILES string of the molecule is COc1ccc(-c2noc(COC(=O)C3CC(O)CN3C(=O)Cc3ccccc3F)n2)c(OC)c1. The van der Waals surface area contributed by atoms with Crippen LogP contribution < -0.4 is 9.47 Å². The van der Waals surface area contributed by atoms with Crippen molar-refractivity contribution in [3.05, 3.63) is 59.7 Å². The molecule has 3 aromatic rings. The van der Waals surface area contributed by atoms with Crippen LogP contribution in [-0.2, 0) is 27.4 Å². The topological polar surface area (TPSA) is 124 Å². The van der Waals surface area contributed by atoms with E-state index in [1.165, 1.54) is 37.3 Å². The summed E-state index contributed by atoms with van der Waals surface area (Å²) < 4.78 is 34.9.